The highest BCUT2D eigenvalue weighted by atomic mass is 19.1. The highest BCUT2D eigenvalue weighted by Gasteiger charge is 2.16. The highest BCUT2D eigenvalue weighted by Crippen LogP contribution is 2.19. The summed E-state index contributed by atoms with van der Waals surface area (Å²) >= 11 is 0. The van der Waals surface area contributed by atoms with Crippen molar-refractivity contribution in [3.8, 4) is 5.75 Å². The van der Waals surface area contributed by atoms with Crippen LogP contribution < -0.4 is 5.32 Å². The molecule has 0 aliphatic carbocycles. The molecule has 0 aliphatic rings. The molecule has 0 saturated carbocycles. The van der Waals surface area contributed by atoms with Crippen LogP contribution in [-0.4, -0.2) is 16.8 Å². The van der Waals surface area contributed by atoms with E-state index in [-0.39, 0.29) is 17.9 Å². The van der Waals surface area contributed by atoms with E-state index < -0.39 is 17.5 Å². The van der Waals surface area contributed by atoms with Crippen molar-refractivity contribution in [3.63, 3.8) is 0 Å². The maximum absolute atomic E-state index is 13.3. The van der Waals surface area contributed by atoms with Crippen LogP contribution in [-0.2, 0) is 11.3 Å². The van der Waals surface area contributed by atoms with Gasteiger partial charge in [-0.15, -0.1) is 0 Å². The number of amides is 1. The first-order valence-electron chi connectivity index (χ1n) is 5.23. The van der Waals surface area contributed by atoms with Gasteiger partial charge in [-0.25, -0.2) is 9.18 Å². The second-order valence-electron chi connectivity index (χ2n) is 4.59. The van der Waals surface area contributed by atoms with Gasteiger partial charge in [-0.3, -0.25) is 0 Å². The number of nitrogens with one attached hydrogen (secondary N) is 1. The number of halogens is 1. The number of carbonyl (C=O) groups is 1. The van der Waals surface area contributed by atoms with Gasteiger partial charge in [0, 0.05) is 5.56 Å². The maximum Gasteiger partial charge on any atom is 0.407 e. The van der Waals surface area contributed by atoms with Crippen molar-refractivity contribution < 1.29 is 19.0 Å². The summed E-state index contributed by atoms with van der Waals surface area (Å²) in [5.74, 6) is -0.762. The molecular weight excluding hydrogens is 225 g/mol. The Bertz CT molecular complexity index is 392. The smallest absolute Gasteiger partial charge is 0.407 e. The Kier molecular flexibility index (Phi) is 3.93. The van der Waals surface area contributed by atoms with Gasteiger partial charge >= 0.3 is 6.09 Å². The minimum atomic E-state index is -0.653. The Balaban J connectivity index is 2.59. The first kappa shape index (κ1) is 13.3. The summed E-state index contributed by atoms with van der Waals surface area (Å²) in [6, 6.07) is 3.96. The van der Waals surface area contributed by atoms with Crippen LogP contribution in [0.3, 0.4) is 0 Å². The van der Waals surface area contributed by atoms with Crippen LogP contribution in [0.2, 0.25) is 0 Å². The number of carbonyl (C=O) groups excluding carboxylic acids is 1. The van der Waals surface area contributed by atoms with Crippen LogP contribution >= 0.6 is 0 Å². The molecule has 0 aliphatic heterocycles. The number of hydrogen-bond donors (Lipinski definition) is 2. The summed E-state index contributed by atoms with van der Waals surface area (Å²) in [5, 5.41) is 11.8. The van der Waals surface area contributed by atoms with Gasteiger partial charge in [0.1, 0.15) is 17.2 Å². The predicted molar refractivity (Wildman–Crippen MR) is 61.1 cm³/mol. The lowest BCUT2D eigenvalue weighted by atomic mass is 10.2. The van der Waals surface area contributed by atoms with Crippen molar-refractivity contribution in [2.24, 2.45) is 0 Å². The van der Waals surface area contributed by atoms with Crippen molar-refractivity contribution in [2.75, 3.05) is 0 Å². The van der Waals surface area contributed by atoms with E-state index in [1.54, 1.807) is 20.8 Å². The van der Waals surface area contributed by atoms with Crippen LogP contribution in [0, 0.1) is 5.82 Å². The van der Waals surface area contributed by atoms with Crippen LogP contribution in [0.5, 0.6) is 5.75 Å². The Morgan fingerprint density at radius 1 is 1.47 bits per heavy atom. The molecule has 2 N–H and O–H groups in total. The Hall–Kier alpha value is -1.78. The highest BCUT2D eigenvalue weighted by molar-refractivity contribution is 5.67. The summed E-state index contributed by atoms with van der Waals surface area (Å²) in [6.07, 6.45) is -0.653. The topological polar surface area (TPSA) is 58.6 Å². The fourth-order valence-corrected chi connectivity index (χ4v) is 1.20. The summed E-state index contributed by atoms with van der Waals surface area (Å²) < 4.78 is 18.3. The molecule has 0 heterocycles. The first-order valence-corrected chi connectivity index (χ1v) is 5.23. The minimum Gasteiger partial charge on any atom is -0.507 e. The summed E-state index contributed by atoms with van der Waals surface area (Å²) in [6.45, 7) is 5.07. The molecule has 1 aromatic rings. The molecule has 0 unspecified atom stereocenters. The largest absolute Gasteiger partial charge is 0.507 e. The van der Waals surface area contributed by atoms with Gasteiger partial charge in [-0.05, 0) is 32.9 Å². The van der Waals surface area contributed by atoms with Crippen LogP contribution in [0.4, 0.5) is 9.18 Å². The normalized spacial score (nSPS) is 11.1. The van der Waals surface area contributed by atoms with Crippen LogP contribution in [0.15, 0.2) is 18.2 Å². The average molecular weight is 241 g/mol. The molecule has 0 atom stereocenters. The van der Waals surface area contributed by atoms with Gasteiger partial charge in [0.05, 0.1) is 6.54 Å². The van der Waals surface area contributed by atoms with E-state index in [4.69, 9.17) is 4.74 Å². The van der Waals surface area contributed by atoms with E-state index in [0.29, 0.717) is 0 Å². The zero-order valence-electron chi connectivity index (χ0n) is 10.1. The van der Waals surface area contributed by atoms with Gasteiger partial charge in [-0.1, -0.05) is 6.07 Å². The molecule has 17 heavy (non-hydrogen) atoms. The van der Waals surface area contributed by atoms with Crippen molar-refractivity contribution in [2.45, 2.75) is 32.9 Å². The molecule has 1 aromatic carbocycles. The Morgan fingerprint density at radius 3 is 2.65 bits per heavy atom. The predicted octanol–water partition coefficient (Wildman–Crippen LogP) is 2.56. The standard InChI is InChI=1S/C12H16FNO3/c1-12(2,3)17-11(16)14-7-8-9(13)5-4-6-10(8)15/h4-6,15H,7H2,1-3H3,(H,14,16). The van der Waals surface area contributed by atoms with Crippen molar-refractivity contribution >= 4 is 6.09 Å². The van der Waals surface area contributed by atoms with Gasteiger partial charge in [0.15, 0.2) is 0 Å². The monoisotopic (exact) mass is 241 g/mol. The number of phenolic OH excluding ortho intramolecular Hbond substituents is 1. The molecular formula is C12H16FNO3. The fraction of sp³-hybridized carbons (Fsp3) is 0.417. The molecule has 0 saturated heterocycles. The molecule has 0 radical (unpaired) electrons. The van der Waals surface area contributed by atoms with E-state index in [2.05, 4.69) is 5.32 Å². The van der Waals surface area contributed by atoms with Crippen molar-refractivity contribution in [3.05, 3.63) is 29.6 Å². The minimum absolute atomic E-state index is 0.0401. The molecule has 0 fully saturated rings. The second-order valence-corrected chi connectivity index (χ2v) is 4.59. The number of phenols is 1. The first-order chi connectivity index (χ1) is 7.79. The summed E-state index contributed by atoms with van der Waals surface area (Å²) in [5.41, 5.74) is -0.570. The lowest BCUT2D eigenvalue weighted by molar-refractivity contribution is 0.0523. The van der Waals surface area contributed by atoms with Gasteiger partial charge in [0.2, 0.25) is 0 Å². The molecule has 94 valence electrons. The third kappa shape index (κ3) is 4.30. The van der Waals surface area contributed by atoms with E-state index in [1.165, 1.54) is 18.2 Å². The fourth-order valence-electron chi connectivity index (χ4n) is 1.20. The number of hydrogen-bond acceptors (Lipinski definition) is 3. The molecule has 0 aromatic heterocycles. The Labute approximate surface area is 99.4 Å². The lowest BCUT2D eigenvalue weighted by Gasteiger charge is -2.19. The zero-order chi connectivity index (χ0) is 13.1. The van der Waals surface area contributed by atoms with Gasteiger partial charge in [0.25, 0.3) is 0 Å². The number of alkyl carbamates (subject to hydrolysis) is 1. The van der Waals surface area contributed by atoms with Crippen LogP contribution in [0.1, 0.15) is 26.3 Å². The average Bonchev–Trinajstić information content (AvgIpc) is 2.14. The molecule has 0 bridgehead atoms. The van der Waals surface area contributed by atoms with E-state index in [1.807, 2.05) is 0 Å². The molecule has 1 rings (SSSR count). The van der Waals surface area contributed by atoms with Crippen molar-refractivity contribution in [1.82, 2.24) is 5.32 Å². The molecule has 5 heteroatoms. The Morgan fingerprint density at radius 2 is 2.12 bits per heavy atom. The lowest BCUT2D eigenvalue weighted by Crippen LogP contribution is -2.32. The third-order valence-corrected chi connectivity index (χ3v) is 1.90. The van der Waals surface area contributed by atoms with Crippen LogP contribution in [0.25, 0.3) is 0 Å². The maximum atomic E-state index is 13.3. The quantitative estimate of drug-likeness (QED) is 0.836. The number of rotatable bonds is 2. The SMILES string of the molecule is CC(C)(C)OC(=O)NCc1c(O)cccc1F. The van der Waals surface area contributed by atoms with E-state index in [0.717, 1.165) is 0 Å². The van der Waals surface area contributed by atoms with E-state index >= 15 is 0 Å². The summed E-state index contributed by atoms with van der Waals surface area (Å²) in [7, 11) is 0. The number of ether oxygens (including phenoxy) is 1. The van der Waals surface area contributed by atoms with Crippen molar-refractivity contribution in [1.29, 1.82) is 0 Å². The zero-order valence-corrected chi connectivity index (χ0v) is 10.1. The van der Waals surface area contributed by atoms with E-state index in [9.17, 15) is 14.3 Å². The third-order valence-electron chi connectivity index (χ3n) is 1.90. The second kappa shape index (κ2) is 5.03. The molecule has 0 spiro atoms. The van der Waals surface area contributed by atoms with Gasteiger partial charge in [-0.2, -0.15) is 0 Å². The molecule has 4 nitrogen and oxygen atoms in total. The number of benzene rings is 1. The van der Waals surface area contributed by atoms with Gasteiger partial charge < -0.3 is 15.2 Å². The number of aromatic hydroxyl groups is 1. The summed E-state index contributed by atoms with van der Waals surface area (Å²) in [4.78, 5) is 11.3. The molecule has 1 amide bonds.